The number of carbonyl (C=O) groups is 1. The summed E-state index contributed by atoms with van der Waals surface area (Å²) in [5, 5.41) is 0.274. The van der Waals surface area contributed by atoms with Gasteiger partial charge in [-0.25, -0.2) is 13.6 Å². The molecule has 0 N–H and O–H groups in total. The highest BCUT2D eigenvalue weighted by atomic mass is 35.5. The third kappa shape index (κ3) is 4.81. The van der Waals surface area contributed by atoms with Crippen LogP contribution in [0, 0.1) is 11.6 Å². The molecule has 0 unspecified atom stereocenters. The van der Waals surface area contributed by atoms with E-state index in [4.69, 9.17) is 25.8 Å². The number of halogens is 3. The molecule has 0 atom stereocenters. The molecule has 3 rings (SSSR count). The third-order valence-electron chi connectivity index (χ3n) is 3.88. The van der Waals surface area contributed by atoms with E-state index in [1.807, 2.05) is 0 Å². The first-order valence-electron chi connectivity index (χ1n) is 8.56. The molecule has 0 spiro atoms. The number of ether oxygens (including phenoxy) is 3. The van der Waals surface area contributed by atoms with Crippen LogP contribution in [-0.4, -0.2) is 24.7 Å². The monoisotopic (exact) mass is 419 g/mol. The van der Waals surface area contributed by atoms with E-state index in [1.165, 1.54) is 19.4 Å². The summed E-state index contributed by atoms with van der Waals surface area (Å²) in [5.74, 6) is -1.40. The van der Waals surface area contributed by atoms with Gasteiger partial charge >= 0.3 is 5.97 Å². The van der Waals surface area contributed by atoms with Crippen LogP contribution in [0.1, 0.15) is 17.3 Å². The second-order valence-electron chi connectivity index (χ2n) is 5.84. The topological polar surface area (TPSA) is 57.7 Å². The molecule has 0 aliphatic heterocycles. The fourth-order valence-corrected chi connectivity index (χ4v) is 2.71. The summed E-state index contributed by atoms with van der Waals surface area (Å²) in [6, 6.07) is 9.15. The zero-order valence-corrected chi connectivity index (χ0v) is 16.3. The Hall–Kier alpha value is -3.19. The molecule has 1 heterocycles. The SMILES string of the molecule is CCOC(=O)c1cnc(-c2cc(F)cc(F)c2)cc1Oc1cc(OC)ccc1Cl. The van der Waals surface area contributed by atoms with Crippen molar-refractivity contribution in [2.24, 2.45) is 0 Å². The highest BCUT2D eigenvalue weighted by molar-refractivity contribution is 6.32. The molecule has 1 aromatic heterocycles. The molecular formula is C21H16ClF2NO4. The summed E-state index contributed by atoms with van der Waals surface area (Å²) in [4.78, 5) is 16.4. The van der Waals surface area contributed by atoms with Gasteiger partial charge in [0.25, 0.3) is 0 Å². The Morgan fingerprint density at radius 1 is 1.07 bits per heavy atom. The summed E-state index contributed by atoms with van der Waals surface area (Å²) in [7, 11) is 1.49. The van der Waals surface area contributed by atoms with Gasteiger partial charge in [-0.05, 0) is 31.2 Å². The summed E-state index contributed by atoms with van der Waals surface area (Å²) < 4.78 is 43.2. The lowest BCUT2D eigenvalue weighted by Crippen LogP contribution is -2.07. The first-order valence-corrected chi connectivity index (χ1v) is 8.94. The second kappa shape index (κ2) is 8.87. The molecule has 29 heavy (non-hydrogen) atoms. The fourth-order valence-electron chi connectivity index (χ4n) is 2.55. The highest BCUT2D eigenvalue weighted by Gasteiger charge is 2.19. The number of rotatable bonds is 6. The maximum atomic E-state index is 13.6. The number of hydrogen-bond acceptors (Lipinski definition) is 5. The Kier molecular flexibility index (Phi) is 6.29. The van der Waals surface area contributed by atoms with E-state index in [1.54, 1.807) is 25.1 Å². The van der Waals surface area contributed by atoms with Gasteiger partial charge in [0.15, 0.2) is 0 Å². The molecule has 0 fully saturated rings. The molecular weight excluding hydrogens is 404 g/mol. The lowest BCUT2D eigenvalue weighted by molar-refractivity contribution is 0.0523. The number of benzene rings is 2. The number of esters is 1. The highest BCUT2D eigenvalue weighted by Crippen LogP contribution is 2.36. The molecule has 0 saturated heterocycles. The van der Waals surface area contributed by atoms with Crippen molar-refractivity contribution in [3.63, 3.8) is 0 Å². The predicted molar refractivity (Wildman–Crippen MR) is 104 cm³/mol. The molecule has 5 nitrogen and oxygen atoms in total. The van der Waals surface area contributed by atoms with Crippen LogP contribution < -0.4 is 9.47 Å². The Bertz CT molecular complexity index is 1040. The smallest absolute Gasteiger partial charge is 0.343 e. The molecule has 0 amide bonds. The van der Waals surface area contributed by atoms with E-state index >= 15 is 0 Å². The van der Waals surface area contributed by atoms with Crippen LogP contribution in [0.2, 0.25) is 5.02 Å². The van der Waals surface area contributed by atoms with Gasteiger partial charge in [0, 0.05) is 30.0 Å². The lowest BCUT2D eigenvalue weighted by Gasteiger charge is -2.14. The van der Waals surface area contributed by atoms with Crippen molar-refractivity contribution in [3.8, 4) is 28.5 Å². The van der Waals surface area contributed by atoms with Crippen LogP contribution in [0.4, 0.5) is 8.78 Å². The van der Waals surface area contributed by atoms with Crippen molar-refractivity contribution in [1.82, 2.24) is 4.98 Å². The molecule has 0 saturated carbocycles. The van der Waals surface area contributed by atoms with Crippen LogP contribution in [-0.2, 0) is 4.74 Å². The molecule has 0 radical (unpaired) electrons. The average Bonchev–Trinajstić information content (AvgIpc) is 2.69. The molecule has 2 aromatic carbocycles. The van der Waals surface area contributed by atoms with Gasteiger partial charge in [-0.3, -0.25) is 4.98 Å². The summed E-state index contributed by atoms with van der Waals surface area (Å²) in [5.41, 5.74) is 0.413. The Morgan fingerprint density at radius 3 is 2.45 bits per heavy atom. The Labute approximate surface area is 170 Å². The van der Waals surface area contributed by atoms with Gasteiger partial charge < -0.3 is 14.2 Å². The average molecular weight is 420 g/mol. The summed E-state index contributed by atoms with van der Waals surface area (Å²) >= 11 is 6.18. The first kappa shape index (κ1) is 20.5. The normalized spacial score (nSPS) is 10.5. The van der Waals surface area contributed by atoms with Crippen molar-refractivity contribution in [2.45, 2.75) is 6.92 Å². The van der Waals surface area contributed by atoms with E-state index in [0.717, 1.165) is 18.2 Å². The quantitative estimate of drug-likeness (QED) is 0.483. The maximum Gasteiger partial charge on any atom is 0.343 e. The molecule has 150 valence electrons. The van der Waals surface area contributed by atoms with Crippen molar-refractivity contribution >= 4 is 17.6 Å². The largest absolute Gasteiger partial charge is 0.497 e. The first-order chi connectivity index (χ1) is 13.9. The van der Waals surface area contributed by atoms with E-state index in [-0.39, 0.29) is 39.9 Å². The van der Waals surface area contributed by atoms with Gasteiger partial charge in [0.05, 0.1) is 24.4 Å². The van der Waals surface area contributed by atoms with Gasteiger partial charge in [-0.2, -0.15) is 0 Å². The second-order valence-corrected chi connectivity index (χ2v) is 6.25. The molecule has 0 bridgehead atoms. The van der Waals surface area contributed by atoms with Gasteiger partial charge in [0.2, 0.25) is 0 Å². The van der Waals surface area contributed by atoms with Crippen LogP contribution in [0.5, 0.6) is 17.2 Å². The van der Waals surface area contributed by atoms with Crippen molar-refractivity contribution in [2.75, 3.05) is 13.7 Å². The lowest BCUT2D eigenvalue weighted by atomic mass is 10.1. The van der Waals surface area contributed by atoms with Crippen LogP contribution >= 0.6 is 11.6 Å². The van der Waals surface area contributed by atoms with Crippen molar-refractivity contribution in [3.05, 3.63) is 70.9 Å². The van der Waals surface area contributed by atoms with Crippen molar-refractivity contribution in [1.29, 1.82) is 0 Å². The standard InChI is InChI=1S/C21H16ClF2NO4/c1-3-28-21(26)16-11-25-18(12-6-13(23)8-14(24)7-12)10-19(16)29-20-9-15(27-2)4-5-17(20)22/h4-11H,3H2,1-2H3. The number of pyridine rings is 1. The minimum atomic E-state index is -0.755. The van der Waals surface area contributed by atoms with Crippen LogP contribution in [0.25, 0.3) is 11.3 Å². The number of methoxy groups -OCH3 is 1. The van der Waals surface area contributed by atoms with Gasteiger partial charge in [-0.15, -0.1) is 0 Å². The van der Waals surface area contributed by atoms with E-state index < -0.39 is 17.6 Å². The van der Waals surface area contributed by atoms with Gasteiger partial charge in [-0.1, -0.05) is 11.6 Å². The number of carbonyl (C=O) groups excluding carboxylic acids is 1. The molecule has 0 aliphatic carbocycles. The zero-order valence-electron chi connectivity index (χ0n) is 15.5. The van der Waals surface area contributed by atoms with Crippen molar-refractivity contribution < 1.29 is 27.8 Å². The molecule has 8 heteroatoms. The summed E-state index contributed by atoms with van der Waals surface area (Å²) in [6.45, 7) is 1.81. The molecule has 3 aromatic rings. The number of hydrogen-bond donors (Lipinski definition) is 0. The zero-order chi connectivity index (χ0) is 21.0. The minimum absolute atomic E-state index is 0.0337. The Balaban J connectivity index is 2.09. The minimum Gasteiger partial charge on any atom is -0.497 e. The van der Waals surface area contributed by atoms with E-state index in [2.05, 4.69) is 4.98 Å². The van der Waals surface area contributed by atoms with Gasteiger partial charge in [0.1, 0.15) is 34.4 Å². The number of nitrogens with zero attached hydrogens (tertiary/aromatic N) is 1. The van der Waals surface area contributed by atoms with Crippen LogP contribution in [0.3, 0.4) is 0 Å². The fraction of sp³-hybridized carbons (Fsp3) is 0.143. The maximum absolute atomic E-state index is 13.6. The predicted octanol–water partition coefficient (Wildman–Crippen LogP) is 5.66. The molecule has 0 aliphatic rings. The third-order valence-corrected chi connectivity index (χ3v) is 4.19. The summed E-state index contributed by atoms with van der Waals surface area (Å²) in [6.07, 6.45) is 1.22. The van der Waals surface area contributed by atoms with E-state index in [0.29, 0.717) is 5.75 Å². The van der Waals surface area contributed by atoms with Crippen LogP contribution in [0.15, 0.2) is 48.7 Å². The Morgan fingerprint density at radius 2 is 1.79 bits per heavy atom. The number of aromatic nitrogens is 1. The van der Waals surface area contributed by atoms with E-state index in [9.17, 15) is 13.6 Å².